The zero-order valence-electron chi connectivity index (χ0n) is 20.7. The number of rotatable bonds is 7. The fourth-order valence-electron chi connectivity index (χ4n) is 5.79. The highest BCUT2D eigenvalue weighted by Gasteiger charge is 2.56. The number of aliphatic imine (C=N–C) groups is 1. The van der Waals surface area contributed by atoms with Crippen molar-refractivity contribution in [3.63, 3.8) is 0 Å². The summed E-state index contributed by atoms with van der Waals surface area (Å²) in [5, 5.41) is 1.74. The highest BCUT2D eigenvalue weighted by atomic mass is 16.7. The van der Waals surface area contributed by atoms with Gasteiger partial charge in [-0.2, -0.15) is 9.64 Å². The summed E-state index contributed by atoms with van der Waals surface area (Å²) in [6.45, 7) is 4.55. The summed E-state index contributed by atoms with van der Waals surface area (Å²) >= 11 is 0. The number of benzene rings is 2. The number of hydroxylamine groups is 2. The third-order valence-corrected chi connectivity index (χ3v) is 7.65. The van der Waals surface area contributed by atoms with E-state index in [1.165, 1.54) is 12.8 Å². The Bertz CT molecular complexity index is 1110. The molecule has 1 saturated heterocycles. The zero-order valence-corrected chi connectivity index (χ0v) is 20.7. The van der Waals surface area contributed by atoms with E-state index in [2.05, 4.69) is 38.1 Å². The van der Waals surface area contributed by atoms with Gasteiger partial charge in [-0.25, -0.2) is 0 Å². The molecule has 178 valence electrons. The molecule has 0 unspecified atom stereocenters. The maximum atomic E-state index is 13.9. The molecule has 0 aromatic heterocycles. The van der Waals surface area contributed by atoms with E-state index in [9.17, 15) is 4.79 Å². The van der Waals surface area contributed by atoms with E-state index in [1.807, 2.05) is 42.0 Å². The third kappa shape index (κ3) is 4.06. The lowest BCUT2D eigenvalue weighted by atomic mass is 9.89. The molecule has 2 heterocycles. The first kappa shape index (κ1) is 22.8. The fraction of sp³-hybridized carbons (Fsp3) is 0.483. The largest absolute Gasteiger partial charge is 0.402 e. The number of carbonyl (C=O) groups is 1. The number of para-hydroxylation sites is 1. The average molecular weight is 459 g/mol. The molecule has 0 N–H and O–H groups in total. The Morgan fingerprint density at radius 2 is 1.76 bits per heavy atom. The highest BCUT2D eigenvalue weighted by molar-refractivity contribution is 6.19. The van der Waals surface area contributed by atoms with Crippen molar-refractivity contribution >= 4 is 23.2 Å². The smallest absolute Gasteiger partial charge is 0.314 e. The van der Waals surface area contributed by atoms with E-state index < -0.39 is 6.04 Å². The van der Waals surface area contributed by atoms with E-state index >= 15 is 0 Å². The summed E-state index contributed by atoms with van der Waals surface area (Å²) in [5.74, 6) is 1.32. The summed E-state index contributed by atoms with van der Waals surface area (Å²) in [6, 6.07) is 17.7. The summed E-state index contributed by atoms with van der Waals surface area (Å²) in [6.07, 6.45) is 8.87. The first-order valence-corrected chi connectivity index (χ1v) is 12.9. The molecule has 0 bridgehead atoms. The van der Waals surface area contributed by atoms with Crippen LogP contribution in [0.25, 0.3) is 0 Å². The molecule has 1 aliphatic carbocycles. The quantitative estimate of drug-likeness (QED) is 0.384. The third-order valence-electron chi connectivity index (χ3n) is 7.65. The molecule has 1 saturated carbocycles. The van der Waals surface area contributed by atoms with Crippen molar-refractivity contribution in [3.8, 4) is 0 Å². The molecule has 5 heteroatoms. The number of hydrogen-bond donors (Lipinski definition) is 0. The monoisotopic (exact) mass is 458 g/mol. The van der Waals surface area contributed by atoms with Gasteiger partial charge in [-0.3, -0.25) is 9.79 Å². The molecular formula is C29H36N3O2+. The SMILES string of the molecule is CC(C)CCCCC1(N2OC3=[N+](C)c4ccccc4C(c4ccccc4)=N[C@@H]3C2=O)CCCC1. The highest BCUT2D eigenvalue weighted by Crippen LogP contribution is 2.43. The molecule has 0 radical (unpaired) electrons. The molecule has 3 aliphatic rings. The van der Waals surface area contributed by atoms with Crippen LogP contribution in [0.2, 0.25) is 0 Å². The number of carbonyl (C=O) groups excluding carboxylic acids is 1. The van der Waals surface area contributed by atoms with Crippen LogP contribution in [-0.2, 0) is 9.63 Å². The Hall–Kier alpha value is -2.95. The Labute approximate surface area is 203 Å². The molecule has 1 atom stereocenters. The lowest BCUT2D eigenvalue weighted by molar-refractivity contribution is -0.422. The molecular weight excluding hydrogens is 422 g/mol. The molecule has 2 aromatic rings. The summed E-state index contributed by atoms with van der Waals surface area (Å²) in [5.41, 5.74) is 3.68. The van der Waals surface area contributed by atoms with E-state index in [0.717, 1.165) is 61.1 Å². The van der Waals surface area contributed by atoms with Crippen molar-refractivity contribution in [2.24, 2.45) is 10.9 Å². The number of hydrogen-bond acceptors (Lipinski definition) is 3. The Morgan fingerprint density at radius 3 is 2.50 bits per heavy atom. The summed E-state index contributed by atoms with van der Waals surface area (Å²) in [4.78, 5) is 25.5. The van der Waals surface area contributed by atoms with Crippen molar-refractivity contribution in [1.82, 2.24) is 5.06 Å². The van der Waals surface area contributed by atoms with Gasteiger partial charge < -0.3 is 4.84 Å². The first-order chi connectivity index (χ1) is 16.5. The van der Waals surface area contributed by atoms with E-state index in [0.29, 0.717) is 11.8 Å². The topological polar surface area (TPSA) is 44.9 Å². The van der Waals surface area contributed by atoms with Gasteiger partial charge >= 0.3 is 5.90 Å². The molecule has 34 heavy (non-hydrogen) atoms. The Balaban J connectivity index is 1.53. The molecule has 2 aliphatic heterocycles. The maximum Gasteiger partial charge on any atom is 0.402 e. The fourth-order valence-corrected chi connectivity index (χ4v) is 5.79. The molecule has 2 aromatic carbocycles. The van der Waals surface area contributed by atoms with Crippen LogP contribution in [0.1, 0.15) is 76.3 Å². The molecule has 0 spiro atoms. The maximum absolute atomic E-state index is 13.9. The van der Waals surface area contributed by atoms with Gasteiger partial charge in [0.05, 0.1) is 16.8 Å². The van der Waals surface area contributed by atoms with Crippen molar-refractivity contribution < 1.29 is 14.2 Å². The second kappa shape index (κ2) is 9.36. The van der Waals surface area contributed by atoms with Gasteiger partial charge in [0.25, 0.3) is 11.9 Å². The van der Waals surface area contributed by atoms with Crippen LogP contribution >= 0.6 is 0 Å². The van der Waals surface area contributed by atoms with Gasteiger partial charge in [-0.05, 0) is 31.2 Å². The van der Waals surface area contributed by atoms with Gasteiger partial charge in [0, 0.05) is 11.6 Å². The van der Waals surface area contributed by atoms with E-state index in [4.69, 9.17) is 9.83 Å². The summed E-state index contributed by atoms with van der Waals surface area (Å²) < 4.78 is 2.03. The molecule has 1 amide bonds. The van der Waals surface area contributed by atoms with Crippen LogP contribution in [0.5, 0.6) is 0 Å². The average Bonchev–Trinajstić information content (AvgIpc) is 3.43. The van der Waals surface area contributed by atoms with Crippen molar-refractivity contribution in [2.75, 3.05) is 7.05 Å². The molecule has 5 nitrogen and oxygen atoms in total. The first-order valence-electron chi connectivity index (χ1n) is 12.9. The normalized spacial score (nSPS) is 21.3. The van der Waals surface area contributed by atoms with Gasteiger partial charge in [-0.15, -0.1) is 0 Å². The Kier molecular flexibility index (Phi) is 6.28. The Morgan fingerprint density at radius 1 is 1.06 bits per heavy atom. The minimum Gasteiger partial charge on any atom is -0.314 e. The van der Waals surface area contributed by atoms with Crippen LogP contribution in [-0.4, -0.2) is 45.8 Å². The van der Waals surface area contributed by atoms with E-state index in [1.54, 1.807) is 5.06 Å². The van der Waals surface area contributed by atoms with Crippen LogP contribution in [0, 0.1) is 5.92 Å². The number of fused-ring (bicyclic) bond motifs is 2. The second-order valence-electron chi connectivity index (χ2n) is 10.5. The lowest BCUT2D eigenvalue weighted by Crippen LogP contribution is -2.48. The van der Waals surface area contributed by atoms with Crippen molar-refractivity contribution in [2.45, 2.75) is 76.8 Å². The number of unbranched alkanes of at least 4 members (excludes halogenated alkanes) is 1. The minimum absolute atomic E-state index is 0.0196. The predicted molar refractivity (Wildman–Crippen MR) is 136 cm³/mol. The van der Waals surface area contributed by atoms with Gasteiger partial charge in [-0.1, -0.05) is 88.4 Å². The summed E-state index contributed by atoms with van der Waals surface area (Å²) in [7, 11) is 1.99. The van der Waals surface area contributed by atoms with Crippen LogP contribution in [0.4, 0.5) is 5.69 Å². The van der Waals surface area contributed by atoms with Crippen molar-refractivity contribution in [3.05, 3.63) is 65.7 Å². The van der Waals surface area contributed by atoms with Crippen LogP contribution in [0.3, 0.4) is 0 Å². The van der Waals surface area contributed by atoms with Gasteiger partial charge in [0.1, 0.15) is 7.05 Å². The van der Waals surface area contributed by atoms with Gasteiger partial charge in [0.2, 0.25) is 5.69 Å². The van der Waals surface area contributed by atoms with E-state index in [-0.39, 0.29) is 11.4 Å². The van der Waals surface area contributed by atoms with Crippen LogP contribution < -0.4 is 0 Å². The molecule has 5 rings (SSSR count). The molecule has 2 fully saturated rings. The predicted octanol–water partition coefficient (Wildman–Crippen LogP) is 5.88. The zero-order chi connectivity index (χ0) is 23.7. The van der Waals surface area contributed by atoms with Crippen LogP contribution in [0.15, 0.2) is 59.6 Å². The lowest BCUT2D eigenvalue weighted by Gasteiger charge is -2.35. The number of amides is 1. The van der Waals surface area contributed by atoms with Crippen molar-refractivity contribution in [1.29, 1.82) is 0 Å². The second-order valence-corrected chi connectivity index (χ2v) is 10.5. The number of nitrogens with zero attached hydrogens (tertiary/aromatic N) is 3. The standard InChI is InChI=1S/C29H36N3O2/c1-21(2)13-9-10-18-29(19-11-12-20-29)32-27(33)26-28(34-32)31(3)24-17-8-7-16-23(24)25(30-26)22-14-5-4-6-15-22/h4-8,14-17,21,26H,9-13,18-20H2,1-3H3/q+1/t26-/m1/s1. The minimum atomic E-state index is -0.652. The van der Waals surface area contributed by atoms with Gasteiger partial charge in [0.15, 0.2) is 0 Å².